The summed E-state index contributed by atoms with van der Waals surface area (Å²) >= 11 is 0. The van der Waals surface area contributed by atoms with E-state index in [9.17, 15) is 0 Å². The van der Waals surface area contributed by atoms with Gasteiger partial charge in [-0.25, -0.2) is 0 Å². The van der Waals surface area contributed by atoms with Gasteiger partial charge in [0.25, 0.3) is 0 Å². The van der Waals surface area contributed by atoms with Crippen molar-refractivity contribution in [2.75, 3.05) is 13.7 Å². The third-order valence-corrected chi connectivity index (χ3v) is 2.71. The van der Waals surface area contributed by atoms with Crippen molar-refractivity contribution in [2.45, 2.75) is 13.5 Å². The molecule has 0 fully saturated rings. The van der Waals surface area contributed by atoms with E-state index in [2.05, 4.69) is 16.9 Å². The van der Waals surface area contributed by atoms with Crippen molar-refractivity contribution in [3.05, 3.63) is 47.3 Å². The molecule has 2 aromatic rings. The van der Waals surface area contributed by atoms with Crippen LogP contribution in [0.3, 0.4) is 0 Å². The minimum atomic E-state index is 0.361. The fourth-order valence-electron chi connectivity index (χ4n) is 1.86. The van der Waals surface area contributed by atoms with Crippen LogP contribution in [0.25, 0.3) is 0 Å². The van der Waals surface area contributed by atoms with E-state index in [1.54, 1.807) is 7.11 Å². The van der Waals surface area contributed by atoms with Crippen LogP contribution in [0.2, 0.25) is 0 Å². The molecule has 4 heteroatoms. The van der Waals surface area contributed by atoms with Crippen molar-refractivity contribution < 1.29 is 4.74 Å². The van der Waals surface area contributed by atoms with Crippen molar-refractivity contribution in [1.82, 2.24) is 9.78 Å². The lowest BCUT2D eigenvalue weighted by Gasteiger charge is -2.09. The lowest BCUT2D eigenvalue weighted by molar-refractivity contribution is 0.407. The number of ether oxygens (including phenoxy) is 1. The molecule has 0 atom stereocenters. The van der Waals surface area contributed by atoms with Gasteiger partial charge in [0.1, 0.15) is 5.75 Å². The van der Waals surface area contributed by atoms with Gasteiger partial charge in [-0.2, -0.15) is 5.10 Å². The van der Waals surface area contributed by atoms with E-state index < -0.39 is 0 Å². The van der Waals surface area contributed by atoms with Crippen LogP contribution in [0.5, 0.6) is 5.75 Å². The van der Waals surface area contributed by atoms with E-state index in [1.807, 2.05) is 42.2 Å². The second-order valence-corrected chi connectivity index (χ2v) is 4.25. The van der Waals surface area contributed by atoms with Crippen molar-refractivity contribution in [1.29, 1.82) is 0 Å². The summed E-state index contributed by atoms with van der Waals surface area (Å²) in [4.78, 5) is 0. The van der Waals surface area contributed by atoms with Gasteiger partial charge in [0.15, 0.2) is 0 Å². The molecule has 0 aliphatic rings. The first kappa shape index (κ1) is 13.2. The first-order valence-corrected chi connectivity index (χ1v) is 6.08. The number of aromatic nitrogens is 2. The van der Waals surface area contributed by atoms with Crippen LogP contribution in [-0.2, 0) is 6.54 Å². The average Bonchev–Trinajstić information content (AvgIpc) is 2.82. The molecule has 19 heavy (non-hydrogen) atoms. The first-order valence-electron chi connectivity index (χ1n) is 6.08. The molecule has 0 saturated carbocycles. The molecular formula is C15H17N3O. The van der Waals surface area contributed by atoms with Gasteiger partial charge < -0.3 is 10.5 Å². The topological polar surface area (TPSA) is 53.1 Å². The first-order chi connectivity index (χ1) is 9.22. The van der Waals surface area contributed by atoms with Crippen LogP contribution in [-0.4, -0.2) is 23.4 Å². The standard InChI is InChI=1S/C15H17N3O/c1-12-9-17-18(10-12)11-14-8-13(4-3-7-16)5-6-15(14)19-2/h5-6,8-10H,7,11,16H2,1-2H3. The Hall–Kier alpha value is -2.25. The van der Waals surface area contributed by atoms with E-state index >= 15 is 0 Å². The second kappa shape index (κ2) is 6.07. The highest BCUT2D eigenvalue weighted by molar-refractivity contribution is 5.44. The van der Waals surface area contributed by atoms with Gasteiger partial charge in [-0.05, 0) is 30.7 Å². The van der Waals surface area contributed by atoms with E-state index in [-0.39, 0.29) is 0 Å². The number of hydrogen-bond acceptors (Lipinski definition) is 3. The third kappa shape index (κ3) is 3.36. The Balaban J connectivity index is 2.30. The number of methoxy groups -OCH3 is 1. The van der Waals surface area contributed by atoms with E-state index in [0.29, 0.717) is 13.1 Å². The van der Waals surface area contributed by atoms with Crippen LogP contribution >= 0.6 is 0 Å². The Morgan fingerprint density at radius 2 is 2.26 bits per heavy atom. The van der Waals surface area contributed by atoms with Crippen molar-refractivity contribution >= 4 is 0 Å². The largest absolute Gasteiger partial charge is 0.496 e. The molecule has 1 heterocycles. The van der Waals surface area contributed by atoms with Crippen molar-refractivity contribution in [2.24, 2.45) is 5.73 Å². The Labute approximate surface area is 113 Å². The molecule has 1 aromatic heterocycles. The van der Waals surface area contributed by atoms with Crippen molar-refractivity contribution in [3.8, 4) is 17.6 Å². The Bertz CT molecular complexity index is 620. The zero-order valence-electron chi connectivity index (χ0n) is 11.2. The van der Waals surface area contributed by atoms with Gasteiger partial charge in [-0.1, -0.05) is 11.8 Å². The monoisotopic (exact) mass is 255 g/mol. The summed E-state index contributed by atoms with van der Waals surface area (Å²) in [6, 6.07) is 5.87. The van der Waals surface area contributed by atoms with Crippen molar-refractivity contribution in [3.63, 3.8) is 0 Å². The molecule has 0 radical (unpaired) electrons. The highest BCUT2D eigenvalue weighted by Crippen LogP contribution is 2.20. The van der Waals surface area contributed by atoms with Gasteiger partial charge in [-0.3, -0.25) is 4.68 Å². The molecule has 0 aliphatic carbocycles. The number of aryl methyl sites for hydroxylation is 1. The summed E-state index contributed by atoms with van der Waals surface area (Å²) in [6.07, 6.45) is 3.84. The molecule has 0 amide bonds. The van der Waals surface area contributed by atoms with E-state index in [4.69, 9.17) is 10.5 Å². The molecule has 98 valence electrons. The summed E-state index contributed by atoms with van der Waals surface area (Å²) in [5.74, 6) is 6.72. The maximum Gasteiger partial charge on any atom is 0.124 e. The summed E-state index contributed by atoms with van der Waals surface area (Å²) < 4.78 is 7.25. The fourth-order valence-corrected chi connectivity index (χ4v) is 1.86. The zero-order valence-corrected chi connectivity index (χ0v) is 11.2. The smallest absolute Gasteiger partial charge is 0.124 e. The predicted octanol–water partition coefficient (Wildman–Crippen LogP) is 1.56. The summed E-state index contributed by atoms with van der Waals surface area (Å²) in [6.45, 7) is 3.04. The summed E-state index contributed by atoms with van der Waals surface area (Å²) in [5.41, 5.74) is 8.51. The van der Waals surface area contributed by atoms with Gasteiger partial charge in [0, 0.05) is 17.3 Å². The van der Waals surface area contributed by atoms with Crippen LogP contribution in [0.4, 0.5) is 0 Å². The quantitative estimate of drug-likeness (QED) is 0.847. The van der Waals surface area contributed by atoms with Gasteiger partial charge in [0.2, 0.25) is 0 Å². The lowest BCUT2D eigenvalue weighted by atomic mass is 10.1. The SMILES string of the molecule is COc1ccc(C#CCN)cc1Cn1cc(C)cn1. The maximum absolute atomic E-state index is 5.38. The second-order valence-electron chi connectivity index (χ2n) is 4.25. The number of benzene rings is 1. The molecule has 0 bridgehead atoms. The molecule has 2 N–H and O–H groups in total. The molecular weight excluding hydrogens is 238 g/mol. The molecule has 4 nitrogen and oxygen atoms in total. The highest BCUT2D eigenvalue weighted by atomic mass is 16.5. The van der Waals surface area contributed by atoms with Crippen LogP contribution in [0.15, 0.2) is 30.6 Å². The number of hydrogen-bond donors (Lipinski definition) is 1. The van der Waals surface area contributed by atoms with E-state index in [0.717, 1.165) is 22.4 Å². The maximum atomic E-state index is 5.38. The minimum Gasteiger partial charge on any atom is -0.496 e. The normalized spacial score (nSPS) is 9.84. The molecule has 0 saturated heterocycles. The van der Waals surface area contributed by atoms with Gasteiger partial charge in [0.05, 0.1) is 26.4 Å². The van der Waals surface area contributed by atoms with Gasteiger partial charge >= 0.3 is 0 Å². The Morgan fingerprint density at radius 3 is 2.89 bits per heavy atom. The lowest BCUT2D eigenvalue weighted by Crippen LogP contribution is -2.02. The third-order valence-electron chi connectivity index (χ3n) is 2.71. The Morgan fingerprint density at radius 1 is 1.42 bits per heavy atom. The predicted molar refractivity (Wildman–Crippen MR) is 75.0 cm³/mol. The highest BCUT2D eigenvalue weighted by Gasteiger charge is 2.05. The van der Waals surface area contributed by atoms with E-state index in [1.165, 1.54) is 0 Å². The molecule has 0 spiro atoms. The fraction of sp³-hybridized carbons (Fsp3) is 0.267. The summed E-state index contributed by atoms with van der Waals surface area (Å²) in [7, 11) is 1.67. The number of nitrogens with two attached hydrogens (primary N) is 1. The van der Waals surface area contributed by atoms with Crippen LogP contribution in [0.1, 0.15) is 16.7 Å². The minimum absolute atomic E-state index is 0.361. The molecule has 2 rings (SSSR count). The number of nitrogens with zero attached hydrogens (tertiary/aromatic N) is 2. The van der Waals surface area contributed by atoms with Gasteiger partial charge in [-0.15, -0.1) is 0 Å². The molecule has 0 aliphatic heterocycles. The average molecular weight is 255 g/mol. The molecule has 1 aromatic carbocycles. The zero-order chi connectivity index (χ0) is 13.7. The number of rotatable bonds is 3. The Kier molecular flexibility index (Phi) is 4.22. The van der Waals surface area contributed by atoms with Crippen LogP contribution < -0.4 is 10.5 Å². The van der Waals surface area contributed by atoms with Crippen LogP contribution in [0, 0.1) is 18.8 Å². The summed E-state index contributed by atoms with van der Waals surface area (Å²) in [5, 5.41) is 4.28. The molecule has 0 unspecified atom stereocenters.